The fourth-order valence-electron chi connectivity index (χ4n) is 5.95. The third kappa shape index (κ3) is 3.75. The first-order valence-electron chi connectivity index (χ1n) is 13.6. The smallest absolute Gasteiger partial charge is 0.142 e. The molecule has 0 atom stereocenters. The fraction of sp³-hybridized carbons (Fsp3) is 0.0270. The van der Waals surface area contributed by atoms with Crippen molar-refractivity contribution in [2.75, 3.05) is 5.32 Å². The first-order valence-corrected chi connectivity index (χ1v) is 13.6. The van der Waals surface area contributed by atoms with Crippen LogP contribution in [-0.4, -0.2) is 0 Å². The molecule has 0 saturated carbocycles. The summed E-state index contributed by atoms with van der Waals surface area (Å²) in [7, 11) is 0. The van der Waals surface area contributed by atoms with Gasteiger partial charge in [0.15, 0.2) is 0 Å². The van der Waals surface area contributed by atoms with Gasteiger partial charge in [-0.2, -0.15) is 0 Å². The van der Waals surface area contributed by atoms with Crippen LogP contribution in [-0.2, 0) is 6.54 Å². The monoisotopic (exact) mass is 514 g/mol. The molecule has 0 bridgehead atoms. The van der Waals surface area contributed by atoms with E-state index in [1.165, 1.54) is 38.2 Å². The van der Waals surface area contributed by atoms with Gasteiger partial charge in [-0.25, -0.2) is 0 Å². The van der Waals surface area contributed by atoms with Crippen molar-refractivity contribution in [2.45, 2.75) is 6.54 Å². The van der Waals surface area contributed by atoms with E-state index in [4.69, 9.17) is 4.42 Å². The van der Waals surface area contributed by atoms with Crippen LogP contribution in [0, 0.1) is 0 Å². The molecule has 3 nitrogen and oxygen atoms in total. The van der Waals surface area contributed by atoms with Crippen molar-refractivity contribution in [3.63, 3.8) is 0 Å². The molecular weight excluding hydrogens is 488 g/mol. The van der Waals surface area contributed by atoms with Crippen LogP contribution >= 0.6 is 0 Å². The number of furan rings is 1. The van der Waals surface area contributed by atoms with Crippen LogP contribution in [0.15, 0.2) is 132 Å². The second-order valence-corrected chi connectivity index (χ2v) is 10.3. The molecule has 0 spiro atoms. The lowest BCUT2D eigenvalue weighted by molar-refractivity contribution is 0.533. The van der Waals surface area contributed by atoms with Gasteiger partial charge < -0.3 is 15.1 Å². The van der Waals surface area contributed by atoms with Crippen LogP contribution in [0.2, 0.25) is 0 Å². The van der Waals surface area contributed by atoms with E-state index < -0.39 is 0 Å². The van der Waals surface area contributed by atoms with E-state index in [9.17, 15) is 0 Å². The molecule has 0 unspecified atom stereocenters. The Hall–Kier alpha value is -5.28. The summed E-state index contributed by atoms with van der Waals surface area (Å²) in [5, 5.41) is 13.1. The summed E-state index contributed by atoms with van der Waals surface area (Å²) in [6.07, 6.45) is 4.08. The highest BCUT2D eigenvalue weighted by Gasteiger charge is 2.17. The van der Waals surface area contributed by atoms with E-state index in [1.807, 2.05) is 6.20 Å². The van der Waals surface area contributed by atoms with Crippen LogP contribution in [0.5, 0.6) is 0 Å². The number of hydrogen-bond acceptors (Lipinski definition) is 3. The van der Waals surface area contributed by atoms with E-state index >= 15 is 0 Å². The van der Waals surface area contributed by atoms with Crippen molar-refractivity contribution < 1.29 is 4.42 Å². The number of benzene rings is 6. The Morgan fingerprint density at radius 1 is 0.575 bits per heavy atom. The normalized spacial score (nSPS) is 12.5. The predicted molar refractivity (Wildman–Crippen MR) is 168 cm³/mol. The van der Waals surface area contributed by atoms with Crippen molar-refractivity contribution in [3.8, 4) is 22.3 Å². The summed E-state index contributed by atoms with van der Waals surface area (Å²) >= 11 is 0. The van der Waals surface area contributed by atoms with Crippen molar-refractivity contribution in [3.05, 3.63) is 139 Å². The van der Waals surface area contributed by atoms with Gasteiger partial charge in [0.25, 0.3) is 0 Å². The van der Waals surface area contributed by atoms with Gasteiger partial charge in [0.1, 0.15) is 11.3 Å². The Labute approximate surface area is 232 Å². The molecule has 2 N–H and O–H groups in total. The average molecular weight is 515 g/mol. The van der Waals surface area contributed by atoms with E-state index in [-0.39, 0.29) is 0 Å². The van der Waals surface area contributed by atoms with Crippen LogP contribution in [0.4, 0.5) is 11.4 Å². The van der Waals surface area contributed by atoms with Crippen molar-refractivity contribution in [1.82, 2.24) is 5.32 Å². The lowest BCUT2D eigenvalue weighted by Gasteiger charge is -2.12. The molecule has 0 saturated heterocycles. The van der Waals surface area contributed by atoms with E-state index in [0.29, 0.717) is 0 Å². The van der Waals surface area contributed by atoms with Gasteiger partial charge in [-0.05, 0) is 80.8 Å². The topological polar surface area (TPSA) is 37.2 Å². The minimum atomic E-state index is 0.721. The number of para-hydroxylation sites is 1. The van der Waals surface area contributed by atoms with Crippen LogP contribution in [0.3, 0.4) is 0 Å². The Kier molecular flexibility index (Phi) is 5.20. The lowest BCUT2D eigenvalue weighted by atomic mass is 9.93. The number of fused-ring (bicyclic) bond motifs is 6. The molecule has 3 heteroatoms. The maximum absolute atomic E-state index is 6.27. The molecular formula is C37H26N2O. The van der Waals surface area contributed by atoms with Gasteiger partial charge in [0.05, 0.1) is 6.54 Å². The molecule has 0 aliphatic carbocycles. The average Bonchev–Trinajstić information content (AvgIpc) is 3.41. The molecule has 8 rings (SSSR count). The molecule has 0 fully saturated rings. The minimum Gasteiger partial charge on any atom is -0.458 e. The summed E-state index contributed by atoms with van der Waals surface area (Å²) < 4.78 is 6.27. The molecule has 1 aliphatic rings. The summed E-state index contributed by atoms with van der Waals surface area (Å²) in [4.78, 5) is 0. The van der Waals surface area contributed by atoms with Crippen molar-refractivity contribution >= 4 is 50.0 Å². The maximum Gasteiger partial charge on any atom is 0.142 e. The molecule has 1 aromatic heterocycles. The zero-order valence-corrected chi connectivity index (χ0v) is 21.8. The summed E-state index contributed by atoms with van der Waals surface area (Å²) in [6.45, 7) is 0.721. The maximum atomic E-state index is 6.27. The largest absolute Gasteiger partial charge is 0.458 e. The van der Waals surface area contributed by atoms with Gasteiger partial charge >= 0.3 is 0 Å². The van der Waals surface area contributed by atoms with E-state index in [2.05, 4.69) is 138 Å². The standard InChI is InChI=1S/C37H26N2O/c1-2-7-29-26(6-1)22-35(32-9-4-3-8-31(29)32)25-14-18-28(19-15-25)39-27-16-12-24(13-17-27)30-10-5-11-34-33-20-21-38-23-36(33)40-37(30)34/h1-22,38-39H,23H2. The number of rotatable bonds is 4. The zero-order chi connectivity index (χ0) is 26.5. The van der Waals surface area contributed by atoms with Gasteiger partial charge in [-0.1, -0.05) is 91.0 Å². The first-order chi connectivity index (χ1) is 19.8. The summed E-state index contributed by atoms with van der Waals surface area (Å²) in [6, 6.07) is 43.3. The third-order valence-electron chi connectivity index (χ3n) is 7.91. The minimum absolute atomic E-state index is 0.721. The quantitative estimate of drug-likeness (QED) is 0.230. The number of anilines is 2. The van der Waals surface area contributed by atoms with Crippen molar-refractivity contribution in [1.29, 1.82) is 0 Å². The highest BCUT2D eigenvalue weighted by molar-refractivity contribution is 6.13. The SMILES string of the molecule is C1=Cc2c(oc3c(-c4ccc(Nc5ccc(-c6cc7ccccc7c7ccccc67)cc5)cc4)cccc23)CN1. The Balaban J connectivity index is 1.08. The number of hydrogen-bond donors (Lipinski definition) is 2. The second-order valence-electron chi connectivity index (χ2n) is 10.3. The molecule has 1 aliphatic heterocycles. The van der Waals surface area contributed by atoms with Crippen molar-refractivity contribution in [2.24, 2.45) is 0 Å². The highest BCUT2D eigenvalue weighted by Crippen LogP contribution is 2.37. The molecule has 0 radical (unpaired) electrons. The third-order valence-corrected chi connectivity index (χ3v) is 7.91. The van der Waals surface area contributed by atoms with Crippen LogP contribution in [0.25, 0.3) is 60.8 Å². The first kappa shape index (κ1) is 22.7. The predicted octanol–water partition coefficient (Wildman–Crippen LogP) is 9.89. The second kappa shape index (κ2) is 9.18. The van der Waals surface area contributed by atoms with Gasteiger partial charge in [-0.15, -0.1) is 0 Å². The molecule has 0 amide bonds. The molecule has 6 aromatic carbocycles. The van der Waals surface area contributed by atoms with Crippen LogP contribution < -0.4 is 10.6 Å². The van der Waals surface area contributed by atoms with E-state index in [0.717, 1.165) is 45.8 Å². The van der Waals surface area contributed by atoms with Crippen LogP contribution in [0.1, 0.15) is 11.3 Å². The summed E-state index contributed by atoms with van der Waals surface area (Å²) in [5.74, 6) is 0.989. The lowest BCUT2D eigenvalue weighted by Crippen LogP contribution is -2.07. The van der Waals surface area contributed by atoms with Gasteiger partial charge in [-0.3, -0.25) is 0 Å². The zero-order valence-electron chi connectivity index (χ0n) is 21.8. The Bertz CT molecular complexity index is 2070. The molecule has 40 heavy (non-hydrogen) atoms. The molecule has 7 aromatic rings. The Morgan fingerprint density at radius 2 is 1.23 bits per heavy atom. The molecule has 190 valence electrons. The van der Waals surface area contributed by atoms with Gasteiger partial charge in [0.2, 0.25) is 0 Å². The van der Waals surface area contributed by atoms with E-state index in [1.54, 1.807) is 0 Å². The Morgan fingerprint density at radius 3 is 2.00 bits per heavy atom. The number of nitrogens with one attached hydrogen (secondary N) is 2. The fourth-order valence-corrected chi connectivity index (χ4v) is 5.95. The molecule has 2 heterocycles. The summed E-state index contributed by atoms with van der Waals surface area (Å²) in [5.41, 5.74) is 8.93. The highest BCUT2D eigenvalue weighted by atomic mass is 16.3. The van der Waals surface area contributed by atoms with Gasteiger partial charge in [0, 0.05) is 27.9 Å².